The van der Waals surface area contributed by atoms with Crippen LogP contribution in [0.2, 0.25) is 0 Å². The van der Waals surface area contributed by atoms with E-state index in [2.05, 4.69) is 4.98 Å². The highest BCUT2D eigenvalue weighted by atomic mass is 16.5. The van der Waals surface area contributed by atoms with Crippen molar-refractivity contribution in [3.8, 4) is 5.88 Å². The minimum Gasteiger partial charge on any atom is -0.480 e. The van der Waals surface area contributed by atoms with Gasteiger partial charge in [0.2, 0.25) is 5.88 Å². The van der Waals surface area contributed by atoms with E-state index in [-0.39, 0.29) is 11.9 Å². The summed E-state index contributed by atoms with van der Waals surface area (Å²) in [7, 11) is 1.51. The summed E-state index contributed by atoms with van der Waals surface area (Å²) < 4.78 is 10.5. The van der Waals surface area contributed by atoms with Gasteiger partial charge in [-0.25, -0.2) is 4.98 Å². The molecule has 0 radical (unpaired) electrons. The van der Waals surface area contributed by atoms with Gasteiger partial charge in [-0.3, -0.25) is 4.79 Å². The number of hydrogen-bond acceptors (Lipinski definition) is 5. The van der Waals surface area contributed by atoms with E-state index in [9.17, 15) is 9.90 Å². The summed E-state index contributed by atoms with van der Waals surface area (Å²) in [6.07, 6.45) is 6.86. The quantitative estimate of drug-likeness (QED) is 0.901. The first kappa shape index (κ1) is 17.5. The molecule has 134 valence electrons. The fourth-order valence-electron chi connectivity index (χ4n) is 3.42. The Balaban J connectivity index is 1.81. The van der Waals surface area contributed by atoms with Crippen molar-refractivity contribution in [1.82, 2.24) is 9.88 Å². The highest BCUT2D eigenvalue weighted by Gasteiger charge is 2.30. The van der Waals surface area contributed by atoms with Crippen molar-refractivity contribution >= 4 is 5.91 Å². The first-order valence-electron chi connectivity index (χ1n) is 8.72. The van der Waals surface area contributed by atoms with E-state index >= 15 is 0 Å². The number of hydrogen-bond donors (Lipinski definition) is 1. The van der Waals surface area contributed by atoms with Crippen LogP contribution in [0.15, 0.2) is 41.1 Å². The average Bonchev–Trinajstić information content (AvgIpc) is 3.09. The van der Waals surface area contributed by atoms with Gasteiger partial charge in [0.1, 0.15) is 17.4 Å². The maximum absolute atomic E-state index is 13.1. The molecule has 0 spiro atoms. The van der Waals surface area contributed by atoms with Gasteiger partial charge in [-0.05, 0) is 37.1 Å². The largest absolute Gasteiger partial charge is 0.480 e. The number of methoxy groups -OCH3 is 1. The number of aromatic nitrogens is 1. The molecule has 2 aromatic heterocycles. The van der Waals surface area contributed by atoms with Crippen molar-refractivity contribution in [2.24, 2.45) is 0 Å². The van der Waals surface area contributed by atoms with Crippen LogP contribution >= 0.6 is 0 Å². The number of ether oxygens (including phenoxy) is 1. The van der Waals surface area contributed by atoms with E-state index in [1.807, 2.05) is 4.90 Å². The number of carbonyl (C=O) groups excluding carboxylic acids is 1. The summed E-state index contributed by atoms with van der Waals surface area (Å²) in [5, 5.41) is 10.5. The van der Waals surface area contributed by atoms with Crippen molar-refractivity contribution in [2.45, 2.75) is 44.2 Å². The van der Waals surface area contributed by atoms with Crippen LogP contribution in [0.5, 0.6) is 5.88 Å². The lowest BCUT2D eigenvalue weighted by Crippen LogP contribution is -2.41. The van der Waals surface area contributed by atoms with Gasteiger partial charge < -0.3 is 19.2 Å². The molecule has 3 rings (SSSR count). The Labute approximate surface area is 147 Å². The van der Waals surface area contributed by atoms with Gasteiger partial charge in [0.15, 0.2) is 0 Å². The zero-order valence-electron chi connectivity index (χ0n) is 14.4. The van der Waals surface area contributed by atoms with E-state index in [0.717, 1.165) is 25.7 Å². The first-order valence-corrected chi connectivity index (χ1v) is 8.72. The molecule has 6 heteroatoms. The molecule has 0 bridgehead atoms. The van der Waals surface area contributed by atoms with Crippen molar-refractivity contribution in [2.75, 3.05) is 13.7 Å². The Morgan fingerprint density at radius 1 is 1.40 bits per heavy atom. The predicted molar refractivity (Wildman–Crippen MR) is 92.4 cm³/mol. The van der Waals surface area contributed by atoms with Gasteiger partial charge in [0, 0.05) is 25.2 Å². The summed E-state index contributed by atoms with van der Waals surface area (Å²) in [5.74, 6) is 0.779. The first-order chi connectivity index (χ1) is 12.2. The van der Waals surface area contributed by atoms with E-state index in [4.69, 9.17) is 9.15 Å². The minimum absolute atomic E-state index is 0.0417. The molecule has 1 saturated heterocycles. The van der Waals surface area contributed by atoms with Gasteiger partial charge in [-0.15, -0.1) is 0 Å². The van der Waals surface area contributed by atoms with Crippen LogP contribution < -0.4 is 4.74 Å². The molecular weight excluding hydrogens is 320 g/mol. The average molecular weight is 344 g/mol. The molecule has 1 amide bonds. The van der Waals surface area contributed by atoms with Crippen LogP contribution in [0.25, 0.3) is 0 Å². The van der Waals surface area contributed by atoms with Gasteiger partial charge in [0.05, 0.1) is 13.4 Å². The molecule has 1 aliphatic heterocycles. The Kier molecular flexibility index (Phi) is 5.71. The smallest absolute Gasteiger partial charge is 0.259 e. The van der Waals surface area contributed by atoms with Crippen LogP contribution in [-0.2, 0) is 0 Å². The topological polar surface area (TPSA) is 75.8 Å². The zero-order chi connectivity index (χ0) is 17.6. The number of likely N-dealkylation sites (tertiary alicyclic amines) is 1. The van der Waals surface area contributed by atoms with Crippen LogP contribution in [0.3, 0.4) is 0 Å². The van der Waals surface area contributed by atoms with Crippen molar-refractivity contribution in [3.63, 3.8) is 0 Å². The lowest BCUT2D eigenvalue weighted by atomic mass is 10.0. The maximum atomic E-state index is 13.1. The van der Waals surface area contributed by atoms with Crippen molar-refractivity contribution in [3.05, 3.63) is 48.0 Å². The SMILES string of the molecule is COc1ncccc1C(=O)N1CCCCC[C@H]1C[C@H](O)c1ccco1. The van der Waals surface area contributed by atoms with E-state index in [1.165, 1.54) is 7.11 Å². The monoisotopic (exact) mass is 344 g/mol. The van der Waals surface area contributed by atoms with Crippen LogP contribution in [0.4, 0.5) is 0 Å². The molecule has 6 nitrogen and oxygen atoms in total. The predicted octanol–water partition coefficient (Wildman–Crippen LogP) is 3.19. The third kappa shape index (κ3) is 4.02. The molecule has 0 saturated carbocycles. The number of pyridine rings is 1. The van der Waals surface area contributed by atoms with Crippen LogP contribution in [0.1, 0.15) is 54.3 Å². The Bertz CT molecular complexity index is 686. The molecule has 1 N–H and O–H groups in total. The molecule has 25 heavy (non-hydrogen) atoms. The van der Waals surface area contributed by atoms with Crippen molar-refractivity contribution < 1.29 is 19.1 Å². The minimum atomic E-state index is -0.718. The molecule has 2 atom stereocenters. The molecule has 0 aromatic carbocycles. The van der Waals surface area contributed by atoms with Gasteiger partial charge in [0.25, 0.3) is 5.91 Å². The molecule has 3 heterocycles. The Morgan fingerprint density at radius 2 is 2.28 bits per heavy atom. The second-order valence-corrected chi connectivity index (χ2v) is 6.33. The highest BCUT2D eigenvalue weighted by Crippen LogP contribution is 2.29. The number of aliphatic hydroxyl groups excluding tert-OH is 1. The molecule has 1 aliphatic rings. The third-order valence-electron chi connectivity index (χ3n) is 4.70. The molecule has 0 aliphatic carbocycles. The standard InChI is InChI=1S/C19H24N2O4/c1-24-18-15(8-5-10-20-18)19(23)21-11-4-2-3-7-14(21)13-16(22)17-9-6-12-25-17/h5-6,8-10,12,14,16,22H,2-4,7,11,13H2,1H3/t14-,16-/m0/s1. The second kappa shape index (κ2) is 8.16. The Morgan fingerprint density at radius 3 is 3.04 bits per heavy atom. The van der Waals surface area contributed by atoms with Crippen molar-refractivity contribution in [1.29, 1.82) is 0 Å². The molecular formula is C19H24N2O4. The van der Waals surface area contributed by atoms with Gasteiger partial charge in [-0.2, -0.15) is 0 Å². The highest BCUT2D eigenvalue weighted by molar-refractivity contribution is 5.96. The summed E-state index contributed by atoms with van der Waals surface area (Å²) in [4.78, 5) is 19.1. The molecule has 2 aromatic rings. The number of rotatable bonds is 5. The number of aliphatic hydroxyl groups is 1. The number of amides is 1. The number of nitrogens with zero attached hydrogens (tertiary/aromatic N) is 2. The fraction of sp³-hybridized carbons (Fsp3) is 0.474. The van der Waals surface area contributed by atoms with E-state index < -0.39 is 6.10 Å². The molecule has 0 unspecified atom stereocenters. The van der Waals surface area contributed by atoms with Gasteiger partial charge in [-0.1, -0.05) is 12.8 Å². The lowest BCUT2D eigenvalue weighted by molar-refractivity contribution is 0.0554. The second-order valence-electron chi connectivity index (χ2n) is 6.33. The van der Waals surface area contributed by atoms with E-state index in [0.29, 0.717) is 30.2 Å². The lowest BCUT2D eigenvalue weighted by Gasteiger charge is -2.31. The summed E-state index contributed by atoms with van der Waals surface area (Å²) in [6, 6.07) is 6.95. The maximum Gasteiger partial charge on any atom is 0.259 e. The molecule has 1 fully saturated rings. The summed E-state index contributed by atoms with van der Waals surface area (Å²) in [6.45, 7) is 0.673. The van der Waals surface area contributed by atoms with Crippen LogP contribution in [0, 0.1) is 0 Å². The third-order valence-corrected chi connectivity index (χ3v) is 4.70. The summed E-state index contributed by atoms with van der Waals surface area (Å²) >= 11 is 0. The number of carbonyl (C=O) groups is 1. The fourth-order valence-corrected chi connectivity index (χ4v) is 3.42. The number of furan rings is 1. The zero-order valence-corrected chi connectivity index (χ0v) is 14.4. The van der Waals surface area contributed by atoms with Gasteiger partial charge >= 0.3 is 0 Å². The van der Waals surface area contributed by atoms with E-state index in [1.54, 1.807) is 36.7 Å². The summed E-state index contributed by atoms with van der Waals surface area (Å²) in [5.41, 5.74) is 0.462. The normalized spacial score (nSPS) is 19.3. The Hall–Kier alpha value is -2.34. The van der Waals surface area contributed by atoms with Crippen LogP contribution in [-0.4, -0.2) is 40.6 Å².